The molecule has 1 aromatic heterocycles. The largest absolute Gasteiger partial charge is 0.454 e. The van der Waals surface area contributed by atoms with Gasteiger partial charge in [-0.15, -0.1) is 10.2 Å². The number of hydrogen-bond donors (Lipinski definition) is 1. The van der Waals surface area contributed by atoms with Crippen LogP contribution in [0.2, 0.25) is 0 Å². The smallest absolute Gasteiger partial charge is 0.325 e. The second-order valence-electron chi connectivity index (χ2n) is 4.86. The second kappa shape index (κ2) is 6.84. The molecule has 1 N–H and O–H groups in total. The summed E-state index contributed by atoms with van der Waals surface area (Å²) in [6.07, 6.45) is 0. The monoisotopic (exact) mass is 303 g/mol. The molecule has 0 spiro atoms. The van der Waals surface area contributed by atoms with Crippen molar-refractivity contribution in [3.05, 3.63) is 46.7 Å². The molecule has 0 unspecified atom stereocenters. The lowest BCUT2D eigenvalue weighted by atomic mass is 10.1. The molecule has 1 aromatic carbocycles. The summed E-state index contributed by atoms with van der Waals surface area (Å²) < 4.78 is 9.99. The summed E-state index contributed by atoms with van der Waals surface area (Å²) >= 11 is 0. The summed E-state index contributed by atoms with van der Waals surface area (Å²) in [5, 5.41) is 9.82. The Morgan fingerprint density at radius 1 is 1.18 bits per heavy atom. The van der Waals surface area contributed by atoms with Gasteiger partial charge in [0.2, 0.25) is 5.89 Å². The Labute approximate surface area is 127 Å². The zero-order valence-corrected chi connectivity index (χ0v) is 12.7. The first-order valence-electron chi connectivity index (χ1n) is 6.76. The molecule has 0 atom stereocenters. The van der Waals surface area contributed by atoms with Gasteiger partial charge in [0.25, 0.3) is 11.8 Å². The average molecular weight is 303 g/mol. The van der Waals surface area contributed by atoms with E-state index in [2.05, 4.69) is 15.5 Å². The fourth-order valence-electron chi connectivity index (χ4n) is 1.73. The van der Waals surface area contributed by atoms with E-state index in [4.69, 9.17) is 9.15 Å². The van der Waals surface area contributed by atoms with Crippen molar-refractivity contribution in [2.75, 3.05) is 6.54 Å². The summed E-state index contributed by atoms with van der Waals surface area (Å²) in [5.74, 6) is -0.290. The topological polar surface area (TPSA) is 94.3 Å². The number of aryl methyl sites for hydroxylation is 3. The average Bonchev–Trinajstić information content (AvgIpc) is 2.91. The van der Waals surface area contributed by atoms with Crippen LogP contribution in [0.15, 0.2) is 22.6 Å². The second-order valence-corrected chi connectivity index (χ2v) is 4.86. The number of esters is 1. The van der Waals surface area contributed by atoms with E-state index in [0.717, 1.165) is 11.1 Å². The Kier molecular flexibility index (Phi) is 4.88. The Morgan fingerprint density at radius 2 is 1.95 bits per heavy atom. The van der Waals surface area contributed by atoms with Crippen molar-refractivity contribution in [3.63, 3.8) is 0 Å². The van der Waals surface area contributed by atoms with Crippen molar-refractivity contribution in [2.24, 2.45) is 0 Å². The molecule has 7 heteroatoms. The molecule has 2 aromatic rings. The van der Waals surface area contributed by atoms with Crippen molar-refractivity contribution in [1.29, 1.82) is 0 Å². The molecule has 1 heterocycles. The molecule has 0 saturated carbocycles. The summed E-state index contributed by atoms with van der Waals surface area (Å²) in [6, 6.07) is 5.35. The molecular weight excluding hydrogens is 286 g/mol. The molecule has 0 aliphatic carbocycles. The van der Waals surface area contributed by atoms with Crippen LogP contribution in [0.4, 0.5) is 0 Å². The number of carbonyl (C=O) groups is 2. The zero-order chi connectivity index (χ0) is 16.1. The first-order valence-corrected chi connectivity index (χ1v) is 6.76. The minimum absolute atomic E-state index is 0.112. The highest BCUT2D eigenvalue weighted by Crippen LogP contribution is 2.09. The third-order valence-electron chi connectivity index (χ3n) is 3.09. The van der Waals surface area contributed by atoms with Gasteiger partial charge >= 0.3 is 5.97 Å². The highest BCUT2D eigenvalue weighted by atomic mass is 16.5. The zero-order valence-electron chi connectivity index (χ0n) is 12.7. The van der Waals surface area contributed by atoms with E-state index in [0.29, 0.717) is 11.5 Å². The molecule has 0 saturated heterocycles. The quantitative estimate of drug-likeness (QED) is 0.840. The fourth-order valence-corrected chi connectivity index (χ4v) is 1.73. The molecule has 22 heavy (non-hydrogen) atoms. The number of hydrogen-bond acceptors (Lipinski definition) is 6. The number of benzene rings is 1. The Morgan fingerprint density at radius 3 is 2.59 bits per heavy atom. The molecule has 0 radical (unpaired) electrons. The lowest BCUT2D eigenvalue weighted by Crippen LogP contribution is -2.30. The molecule has 1 amide bonds. The molecule has 0 bridgehead atoms. The van der Waals surface area contributed by atoms with Crippen molar-refractivity contribution in [1.82, 2.24) is 15.5 Å². The number of aromatic nitrogens is 2. The first-order chi connectivity index (χ1) is 10.5. The van der Waals surface area contributed by atoms with E-state index in [9.17, 15) is 9.59 Å². The highest BCUT2D eigenvalue weighted by molar-refractivity contribution is 5.96. The normalized spacial score (nSPS) is 10.3. The van der Waals surface area contributed by atoms with Gasteiger partial charge < -0.3 is 14.5 Å². The van der Waals surface area contributed by atoms with Gasteiger partial charge in [-0.25, -0.2) is 0 Å². The standard InChI is InChI=1S/C15H17N3O4/c1-9-4-5-12(6-10(9)2)15(20)16-7-14(19)21-8-13-18-17-11(3)22-13/h4-6H,7-8H2,1-3H3,(H,16,20). The van der Waals surface area contributed by atoms with Crippen LogP contribution >= 0.6 is 0 Å². The van der Waals surface area contributed by atoms with Gasteiger partial charge in [0.15, 0.2) is 6.61 Å². The third kappa shape index (κ3) is 4.15. The molecule has 7 nitrogen and oxygen atoms in total. The third-order valence-corrected chi connectivity index (χ3v) is 3.09. The van der Waals surface area contributed by atoms with Crippen LogP contribution in [-0.2, 0) is 16.1 Å². The Balaban J connectivity index is 1.80. The van der Waals surface area contributed by atoms with Gasteiger partial charge in [0, 0.05) is 12.5 Å². The van der Waals surface area contributed by atoms with E-state index in [1.807, 2.05) is 19.9 Å². The minimum Gasteiger partial charge on any atom is -0.454 e. The summed E-state index contributed by atoms with van der Waals surface area (Å²) in [4.78, 5) is 23.5. The van der Waals surface area contributed by atoms with E-state index >= 15 is 0 Å². The molecule has 0 fully saturated rings. The van der Waals surface area contributed by atoms with Crippen LogP contribution < -0.4 is 5.32 Å². The first kappa shape index (κ1) is 15.7. The van der Waals surface area contributed by atoms with Gasteiger partial charge in [0.1, 0.15) is 6.54 Å². The number of nitrogens with one attached hydrogen (secondary N) is 1. The van der Waals surface area contributed by atoms with Crippen LogP contribution in [0, 0.1) is 20.8 Å². The Hall–Kier alpha value is -2.70. The van der Waals surface area contributed by atoms with Crippen LogP contribution in [0.5, 0.6) is 0 Å². The molecule has 116 valence electrons. The minimum atomic E-state index is -0.576. The molecule has 2 rings (SSSR count). The van der Waals surface area contributed by atoms with Crippen LogP contribution in [0.3, 0.4) is 0 Å². The van der Waals surface area contributed by atoms with Crippen molar-refractivity contribution in [3.8, 4) is 0 Å². The van der Waals surface area contributed by atoms with Gasteiger partial charge in [-0.1, -0.05) is 6.07 Å². The molecule has 0 aliphatic heterocycles. The highest BCUT2D eigenvalue weighted by Gasteiger charge is 2.11. The maximum atomic E-state index is 11.9. The molecule has 0 aliphatic rings. The summed E-state index contributed by atoms with van der Waals surface area (Å²) in [7, 11) is 0. The SMILES string of the molecule is Cc1nnc(COC(=O)CNC(=O)c2ccc(C)c(C)c2)o1. The van der Waals surface area contributed by atoms with Gasteiger partial charge in [-0.3, -0.25) is 9.59 Å². The van der Waals surface area contributed by atoms with Crippen LogP contribution in [0.1, 0.15) is 33.3 Å². The lowest BCUT2D eigenvalue weighted by Gasteiger charge is -2.07. The fraction of sp³-hybridized carbons (Fsp3) is 0.333. The van der Waals surface area contributed by atoms with Gasteiger partial charge in [0.05, 0.1) is 0 Å². The number of amides is 1. The van der Waals surface area contributed by atoms with E-state index < -0.39 is 5.97 Å². The van der Waals surface area contributed by atoms with Crippen LogP contribution in [-0.4, -0.2) is 28.6 Å². The van der Waals surface area contributed by atoms with E-state index in [1.165, 1.54) is 0 Å². The van der Waals surface area contributed by atoms with Crippen molar-refractivity contribution in [2.45, 2.75) is 27.4 Å². The van der Waals surface area contributed by atoms with Crippen LogP contribution in [0.25, 0.3) is 0 Å². The molecular formula is C15H17N3O4. The number of ether oxygens (including phenoxy) is 1. The maximum absolute atomic E-state index is 11.9. The number of nitrogens with zero attached hydrogens (tertiary/aromatic N) is 2. The van der Waals surface area contributed by atoms with E-state index in [1.54, 1.807) is 19.1 Å². The number of carbonyl (C=O) groups excluding carboxylic acids is 2. The van der Waals surface area contributed by atoms with E-state index in [-0.39, 0.29) is 24.9 Å². The van der Waals surface area contributed by atoms with Gasteiger partial charge in [-0.05, 0) is 37.1 Å². The Bertz CT molecular complexity index is 694. The number of rotatable bonds is 5. The predicted octanol–water partition coefficient (Wildman–Crippen LogP) is 1.47. The van der Waals surface area contributed by atoms with Gasteiger partial charge in [-0.2, -0.15) is 0 Å². The van der Waals surface area contributed by atoms with Crippen molar-refractivity contribution >= 4 is 11.9 Å². The lowest BCUT2D eigenvalue weighted by molar-refractivity contribution is -0.144. The predicted molar refractivity (Wildman–Crippen MR) is 77.1 cm³/mol. The van der Waals surface area contributed by atoms with Crippen molar-refractivity contribution < 1.29 is 18.7 Å². The summed E-state index contributed by atoms with van der Waals surface area (Å²) in [6.45, 7) is 5.19. The maximum Gasteiger partial charge on any atom is 0.325 e. The summed E-state index contributed by atoms with van der Waals surface area (Å²) in [5.41, 5.74) is 2.62.